The van der Waals surface area contributed by atoms with Gasteiger partial charge in [0.15, 0.2) is 22.6 Å². The minimum absolute atomic E-state index is 0.00897. The number of likely N-dealkylation sites (N-methyl/N-ethyl adjacent to an activating group) is 1. The zero-order chi connectivity index (χ0) is 33.9. The first-order valence-corrected chi connectivity index (χ1v) is 15.6. The molecule has 1 aliphatic heterocycles. The zero-order valence-corrected chi connectivity index (χ0v) is 27.0. The number of hydrogen-bond acceptors (Lipinski definition) is 13. The molecular weight excluding hydrogens is 642 g/mol. The summed E-state index contributed by atoms with van der Waals surface area (Å²) in [5.41, 5.74) is 7.70. The molecule has 19 heteroatoms. The highest BCUT2D eigenvalue weighted by molar-refractivity contribution is 7.14. The van der Waals surface area contributed by atoms with Crippen LogP contribution in [-0.4, -0.2) is 73.4 Å². The molecule has 18 nitrogen and oxygen atoms in total. The first-order chi connectivity index (χ1) is 23.0. The fourth-order valence-electron chi connectivity index (χ4n) is 5.62. The Morgan fingerprint density at radius 2 is 1.77 bits per heavy atom. The molecule has 0 spiro atoms. The molecule has 1 saturated heterocycles. The molecule has 0 unspecified atom stereocenters. The first-order valence-electron chi connectivity index (χ1n) is 14.8. The second-order valence-corrected chi connectivity index (χ2v) is 12.3. The number of hydrogen-bond donors (Lipinski definition) is 3. The summed E-state index contributed by atoms with van der Waals surface area (Å²) in [6.45, 7) is 0. The number of ether oxygens (including phenoxy) is 1. The van der Waals surface area contributed by atoms with Gasteiger partial charge in [0.05, 0.1) is 12.7 Å². The van der Waals surface area contributed by atoms with E-state index in [9.17, 15) is 19.2 Å². The Labute approximate surface area is 274 Å². The number of nitrogens with two attached hydrogens (primary N) is 1. The second kappa shape index (κ2) is 11.8. The number of aryl methyl sites for hydroxylation is 2. The largest absolute Gasteiger partial charge is 0.382 e. The van der Waals surface area contributed by atoms with Crippen LogP contribution in [0.2, 0.25) is 0 Å². The number of nitrogens with one attached hydrogen (secondary N) is 2. The Kier molecular flexibility index (Phi) is 7.55. The van der Waals surface area contributed by atoms with Crippen LogP contribution < -0.4 is 27.6 Å². The molecule has 0 saturated carbocycles. The maximum absolute atomic E-state index is 13.1. The first kappa shape index (κ1) is 30.8. The van der Waals surface area contributed by atoms with Gasteiger partial charge in [0.25, 0.3) is 11.5 Å². The summed E-state index contributed by atoms with van der Waals surface area (Å²) >= 11 is 1.35. The molecule has 0 radical (unpaired) electrons. The molecule has 1 fully saturated rings. The molecule has 246 valence electrons. The van der Waals surface area contributed by atoms with Gasteiger partial charge < -0.3 is 20.4 Å². The topological polar surface area (TPSA) is 225 Å². The van der Waals surface area contributed by atoms with Crippen LogP contribution >= 0.6 is 11.3 Å². The van der Waals surface area contributed by atoms with Gasteiger partial charge in [-0.15, -0.1) is 10.2 Å². The summed E-state index contributed by atoms with van der Waals surface area (Å²) in [4.78, 5) is 67.7. The average molecular weight is 672 g/mol. The Balaban J connectivity index is 1.06. The lowest BCUT2D eigenvalue weighted by atomic mass is 10.1. The van der Waals surface area contributed by atoms with E-state index in [1.54, 1.807) is 54.5 Å². The maximum atomic E-state index is 13.1. The van der Waals surface area contributed by atoms with Crippen molar-refractivity contribution >= 4 is 57.2 Å². The third kappa shape index (κ3) is 5.17. The number of aromatic nitrogens is 10. The van der Waals surface area contributed by atoms with Gasteiger partial charge in [-0.25, -0.2) is 14.8 Å². The van der Waals surface area contributed by atoms with Gasteiger partial charge in [-0.2, -0.15) is 9.97 Å². The van der Waals surface area contributed by atoms with E-state index in [0.29, 0.717) is 63.0 Å². The van der Waals surface area contributed by atoms with Crippen molar-refractivity contribution in [2.45, 2.75) is 31.6 Å². The van der Waals surface area contributed by atoms with Crippen molar-refractivity contribution in [3.63, 3.8) is 0 Å². The zero-order valence-electron chi connectivity index (χ0n) is 26.2. The minimum Gasteiger partial charge on any atom is -0.382 e. The summed E-state index contributed by atoms with van der Waals surface area (Å²) in [6, 6.07) is 6.79. The van der Waals surface area contributed by atoms with Crippen molar-refractivity contribution < 1.29 is 14.3 Å². The Hall–Kier alpha value is -5.82. The van der Waals surface area contributed by atoms with Crippen LogP contribution in [0.25, 0.3) is 32.9 Å². The molecule has 6 aromatic rings. The molecule has 6 heterocycles. The summed E-state index contributed by atoms with van der Waals surface area (Å²) in [5.74, 6) is -0.0220. The molecule has 48 heavy (non-hydrogen) atoms. The van der Waals surface area contributed by atoms with Crippen molar-refractivity contribution in [3.8, 4) is 10.6 Å². The number of nitrogens with zero attached hydrogens (tertiary/aromatic N) is 10. The smallest absolute Gasteiger partial charge is 0.332 e. The lowest BCUT2D eigenvalue weighted by Gasteiger charge is -2.14. The highest BCUT2D eigenvalue weighted by atomic mass is 32.1. The molecule has 7 rings (SSSR count). The summed E-state index contributed by atoms with van der Waals surface area (Å²) in [6.07, 6.45) is 1.88. The van der Waals surface area contributed by atoms with E-state index in [1.807, 2.05) is 0 Å². The fourth-order valence-corrected chi connectivity index (χ4v) is 6.46. The average Bonchev–Trinajstić information content (AvgIpc) is 3.89. The van der Waals surface area contributed by atoms with Crippen molar-refractivity contribution in [1.82, 2.24) is 53.7 Å². The summed E-state index contributed by atoms with van der Waals surface area (Å²) in [7, 11) is 6.28. The van der Waals surface area contributed by atoms with E-state index in [4.69, 9.17) is 10.5 Å². The van der Waals surface area contributed by atoms with E-state index >= 15 is 0 Å². The number of carbonyl (C=O) groups excluding carboxylic acids is 2. The van der Waals surface area contributed by atoms with Crippen LogP contribution in [0, 0.1) is 0 Å². The lowest BCUT2D eigenvalue weighted by Crippen LogP contribution is -2.37. The Morgan fingerprint density at radius 3 is 2.52 bits per heavy atom. The van der Waals surface area contributed by atoms with Crippen molar-refractivity contribution in [2.24, 2.45) is 21.1 Å². The van der Waals surface area contributed by atoms with Crippen LogP contribution in [0.5, 0.6) is 0 Å². The van der Waals surface area contributed by atoms with Gasteiger partial charge in [-0.3, -0.25) is 33.4 Å². The van der Waals surface area contributed by atoms with Crippen LogP contribution in [0.3, 0.4) is 0 Å². The number of fused-ring (bicyclic) bond motifs is 2. The Morgan fingerprint density at radius 1 is 1.00 bits per heavy atom. The lowest BCUT2D eigenvalue weighted by molar-refractivity contribution is -0.133. The number of amides is 2. The number of rotatable bonds is 7. The Bertz CT molecular complexity index is 2370. The van der Waals surface area contributed by atoms with Gasteiger partial charge in [0.1, 0.15) is 33.7 Å². The van der Waals surface area contributed by atoms with Crippen LogP contribution in [-0.2, 0) is 37.1 Å². The molecule has 2 atom stereocenters. The quantitative estimate of drug-likeness (QED) is 0.211. The SMILES string of the molecule is CNC(=O)[C@H]1CC[C@H](n2cnc3c(N)nc(NC(=O)c4ccc(-c5nnc(Cc6nc7c(c(=O)n(C)c(=O)n7C)n6C)s5)cc4)nc32)O1. The standard InChI is InChI=1S/C29H29N13O5S/c1-31-25(44)15-9-10-18(47-15)42-12-32-19-21(30)34-28(35-22(19)42)36-24(43)13-5-7-14(8-6-13)26-38-37-17(48-26)11-16-33-23-20(39(16)2)27(45)41(4)29(46)40(23)3/h5-8,12,15,18H,9-11H2,1-4H3,(H,31,44)(H3,30,34,35,36,43)/t15-,18-/m1/s1. The molecule has 2 amide bonds. The van der Waals surface area contributed by atoms with E-state index in [-0.39, 0.29) is 17.7 Å². The van der Waals surface area contributed by atoms with Gasteiger partial charge >= 0.3 is 5.69 Å². The van der Waals surface area contributed by atoms with E-state index in [0.717, 1.165) is 10.1 Å². The predicted octanol–water partition coefficient (Wildman–Crippen LogP) is 0.478. The molecule has 0 aliphatic carbocycles. The minimum atomic E-state index is -0.582. The number of anilines is 2. The number of nitrogen functional groups attached to an aromatic ring is 1. The maximum Gasteiger partial charge on any atom is 0.332 e. The van der Waals surface area contributed by atoms with Crippen molar-refractivity contribution in [3.05, 3.63) is 67.8 Å². The number of carbonyl (C=O) groups is 2. The molecule has 1 aliphatic rings. The van der Waals surface area contributed by atoms with Crippen LogP contribution in [0.4, 0.5) is 11.8 Å². The third-order valence-corrected chi connectivity index (χ3v) is 9.23. The van der Waals surface area contributed by atoms with Crippen LogP contribution in [0.1, 0.15) is 40.3 Å². The van der Waals surface area contributed by atoms with Crippen molar-refractivity contribution in [2.75, 3.05) is 18.1 Å². The third-order valence-electron chi connectivity index (χ3n) is 8.26. The highest BCUT2D eigenvalue weighted by Gasteiger charge is 2.32. The summed E-state index contributed by atoms with van der Waals surface area (Å²) < 4.78 is 11.6. The van der Waals surface area contributed by atoms with E-state index in [2.05, 4.69) is 40.8 Å². The molecule has 4 N–H and O–H groups in total. The summed E-state index contributed by atoms with van der Waals surface area (Å²) in [5, 5.41) is 15.2. The van der Waals surface area contributed by atoms with Crippen molar-refractivity contribution in [1.29, 1.82) is 0 Å². The van der Waals surface area contributed by atoms with Gasteiger partial charge in [-0.1, -0.05) is 23.5 Å². The predicted molar refractivity (Wildman–Crippen MR) is 174 cm³/mol. The van der Waals surface area contributed by atoms with Gasteiger partial charge in [0, 0.05) is 39.3 Å². The fraction of sp³-hybridized carbons (Fsp3) is 0.310. The van der Waals surface area contributed by atoms with Gasteiger partial charge in [0.2, 0.25) is 11.9 Å². The van der Waals surface area contributed by atoms with Crippen LogP contribution in [0.15, 0.2) is 40.2 Å². The van der Waals surface area contributed by atoms with Gasteiger partial charge in [-0.05, 0) is 25.0 Å². The normalized spacial score (nSPS) is 16.2. The number of benzene rings is 1. The molecule has 0 bridgehead atoms. The second-order valence-electron chi connectivity index (χ2n) is 11.2. The van der Waals surface area contributed by atoms with E-state index < -0.39 is 29.5 Å². The molecule has 1 aromatic carbocycles. The molecule has 5 aromatic heterocycles. The number of imidazole rings is 2. The monoisotopic (exact) mass is 671 g/mol. The highest BCUT2D eigenvalue weighted by Crippen LogP contribution is 2.32. The van der Waals surface area contributed by atoms with E-state index in [1.165, 1.54) is 29.3 Å². The molecular formula is C29H29N13O5S.